The van der Waals surface area contributed by atoms with Gasteiger partial charge >= 0.3 is 5.97 Å². The number of rotatable bonds is 8. The summed E-state index contributed by atoms with van der Waals surface area (Å²) in [5.74, 6) is -0.0530. The number of carbonyl (C=O) groups is 2. The van der Waals surface area contributed by atoms with Gasteiger partial charge in [-0.3, -0.25) is 14.9 Å². The molecule has 8 nitrogen and oxygen atoms in total. The number of amides is 1. The molecule has 2 aromatic carbocycles. The molecule has 0 spiro atoms. The highest BCUT2D eigenvalue weighted by molar-refractivity contribution is 5.92. The molecule has 0 bridgehead atoms. The Labute approximate surface area is 187 Å². The maximum absolute atomic E-state index is 13.6. The number of non-ortho nitro benzene ring substituents is 1. The van der Waals surface area contributed by atoms with Gasteiger partial charge in [0.1, 0.15) is 11.8 Å². The van der Waals surface area contributed by atoms with E-state index in [4.69, 9.17) is 9.47 Å². The number of ether oxygens (including phenoxy) is 2. The molecule has 3 rings (SSSR count). The van der Waals surface area contributed by atoms with Crippen LogP contribution in [0.1, 0.15) is 43.2 Å². The van der Waals surface area contributed by atoms with Gasteiger partial charge in [-0.25, -0.2) is 4.79 Å². The molecule has 32 heavy (non-hydrogen) atoms. The van der Waals surface area contributed by atoms with Crippen molar-refractivity contribution in [1.82, 2.24) is 5.32 Å². The lowest BCUT2D eigenvalue weighted by molar-refractivity contribution is -0.384. The van der Waals surface area contributed by atoms with E-state index >= 15 is 0 Å². The van der Waals surface area contributed by atoms with Crippen molar-refractivity contribution in [2.24, 2.45) is 0 Å². The first kappa shape index (κ1) is 23.2. The van der Waals surface area contributed by atoms with Crippen LogP contribution in [0.15, 0.2) is 48.5 Å². The van der Waals surface area contributed by atoms with Gasteiger partial charge in [0, 0.05) is 18.6 Å². The van der Waals surface area contributed by atoms with E-state index in [1.54, 1.807) is 19.2 Å². The molecule has 0 aliphatic heterocycles. The molecule has 1 aliphatic carbocycles. The predicted octanol–water partition coefficient (Wildman–Crippen LogP) is 3.71. The molecule has 1 aliphatic rings. The largest absolute Gasteiger partial charge is 0.497 e. The topological polar surface area (TPSA) is 108 Å². The van der Waals surface area contributed by atoms with Crippen LogP contribution in [-0.2, 0) is 26.2 Å². The van der Waals surface area contributed by atoms with E-state index in [-0.39, 0.29) is 18.0 Å². The smallest absolute Gasteiger partial charge is 0.328 e. The lowest BCUT2D eigenvalue weighted by Crippen LogP contribution is -2.52. The first-order chi connectivity index (χ1) is 15.4. The van der Waals surface area contributed by atoms with Crippen LogP contribution in [0.5, 0.6) is 5.75 Å². The Kier molecular flexibility index (Phi) is 7.45. The summed E-state index contributed by atoms with van der Waals surface area (Å²) in [6.07, 6.45) is 4.46. The van der Waals surface area contributed by atoms with Crippen LogP contribution < -0.4 is 10.1 Å². The molecular weight excluding hydrogens is 412 g/mol. The van der Waals surface area contributed by atoms with Gasteiger partial charge in [-0.1, -0.05) is 43.5 Å². The van der Waals surface area contributed by atoms with E-state index in [1.165, 1.54) is 19.2 Å². The van der Waals surface area contributed by atoms with Crippen molar-refractivity contribution in [2.75, 3.05) is 14.2 Å². The van der Waals surface area contributed by atoms with Gasteiger partial charge in [-0.15, -0.1) is 0 Å². The van der Waals surface area contributed by atoms with Crippen molar-refractivity contribution in [2.45, 2.75) is 50.0 Å². The molecule has 1 N–H and O–H groups in total. The van der Waals surface area contributed by atoms with Crippen molar-refractivity contribution < 1.29 is 24.0 Å². The quantitative estimate of drug-likeness (QED) is 0.381. The molecule has 1 fully saturated rings. The zero-order valence-electron chi connectivity index (χ0n) is 18.3. The SMILES string of the molecule is COC(=O)C(Cc1ccc([N+](=O)[O-])cc1)NC(=O)C1(c2ccc(OC)cc2)CCCCC1. The number of hydrogen-bond donors (Lipinski definition) is 1. The summed E-state index contributed by atoms with van der Waals surface area (Å²) in [5, 5.41) is 13.8. The van der Waals surface area contributed by atoms with Crippen molar-refractivity contribution in [3.05, 3.63) is 69.8 Å². The monoisotopic (exact) mass is 440 g/mol. The number of nitro groups is 1. The van der Waals surface area contributed by atoms with Crippen LogP contribution in [0.25, 0.3) is 0 Å². The minimum atomic E-state index is -0.897. The van der Waals surface area contributed by atoms with Crippen LogP contribution in [0.2, 0.25) is 0 Å². The summed E-state index contributed by atoms with van der Waals surface area (Å²) < 4.78 is 10.2. The van der Waals surface area contributed by atoms with Crippen molar-refractivity contribution in [3.63, 3.8) is 0 Å². The van der Waals surface area contributed by atoms with E-state index in [0.29, 0.717) is 24.2 Å². The molecule has 0 radical (unpaired) electrons. The van der Waals surface area contributed by atoms with E-state index in [0.717, 1.165) is 24.8 Å². The third kappa shape index (κ3) is 5.07. The second-order valence-electron chi connectivity index (χ2n) is 8.05. The number of nitrogens with zero attached hydrogens (tertiary/aromatic N) is 1. The predicted molar refractivity (Wildman–Crippen MR) is 119 cm³/mol. The molecule has 0 heterocycles. The van der Waals surface area contributed by atoms with E-state index in [1.807, 2.05) is 24.3 Å². The highest BCUT2D eigenvalue weighted by Gasteiger charge is 2.42. The highest BCUT2D eigenvalue weighted by atomic mass is 16.6. The second kappa shape index (κ2) is 10.3. The van der Waals surface area contributed by atoms with Gasteiger partial charge in [0.15, 0.2) is 0 Å². The lowest BCUT2D eigenvalue weighted by Gasteiger charge is -2.37. The van der Waals surface area contributed by atoms with Crippen LogP contribution in [-0.4, -0.2) is 37.1 Å². The number of nitrogens with one attached hydrogen (secondary N) is 1. The fraction of sp³-hybridized carbons (Fsp3) is 0.417. The van der Waals surface area contributed by atoms with Crippen molar-refractivity contribution in [3.8, 4) is 5.75 Å². The molecule has 1 amide bonds. The average Bonchev–Trinajstić information content (AvgIpc) is 2.83. The number of nitro benzene ring substituents is 1. The average molecular weight is 440 g/mol. The maximum Gasteiger partial charge on any atom is 0.328 e. The van der Waals surface area contributed by atoms with Gasteiger partial charge in [-0.2, -0.15) is 0 Å². The molecular formula is C24H28N2O6. The number of esters is 1. The normalized spacial score (nSPS) is 15.9. The maximum atomic E-state index is 13.6. The van der Waals surface area contributed by atoms with Gasteiger partial charge in [0.25, 0.3) is 5.69 Å². The fourth-order valence-corrected chi connectivity index (χ4v) is 4.33. The molecule has 1 saturated carbocycles. The van der Waals surface area contributed by atoms with Crippen LogP contribution >= 0.6 is 0 Å². The van der Waals surface area contributed by atoms with Crippen molar-refractivity contribution in [1.29, 1.82) is 0 Å². The molecule has 8 heteroatoms. The minimum absolute atomic E-state index is 0.0342. The summed E-state index contributed by atoms with van der Waals surface area (Å²) in [6.45, 7) is 0. The summed E-state index contributed by atoms with van der Waals surface area (Å²) in [5.41, 5.74) is 0.822. The van der Waals surface area contributed by atoms with E-state index in [9.17, 15) is 19.7 Å². The Morgan fingerprint density at radius 2 is 1.66 bits per heavy atom. The first-order valence-electron chi connectivity index (χ1n) is 10.7. The Morgan fingerprint density at radius 3 is 2.19 bits per heavy atom. The minimum Gasteiger partial charge on any atom is -0.497 e. The van der Waals surface area contributed by atoms with Crippen LogP contribution in [0.4, 0.5) is 5.69 Å². The van der Waals surface area contributed by atoms with Gasteiger partial charge in [0.2, 0.25) is 5.91 Å². The van der Waals surface area contributed by atoms with Gasteiger partial charge < -0.3 is 14.8 Å². The Morgan fingerprint density at radius 1 is 1.03 bits per heavy atom. The Balaban J connectivity index is 1.84. The summed E-state index contributed by atoms with van der Waals surface area (Å²) >= 11 is 0. The first-order valence-corrected chi connectivity index (χ1v) is 10.7. The Bertz CT molecular complexity index is 949. The standard InChI is InChI=1S/C24H28N2O6/c1-31-20-12-8-18(9-13-20)24(14-4-3-5-15-24)23(28)25-21(22(27)32-2)16-17-6-10-19(11-7-17)26(29)30/h6-13,21H,3-5,14-16H2,1-2H3,(H,25,28). The molecule has 1 unspecified atom stereocenters. The number of carbonyl (C=O) groups excluding carboxylic acids is 2. The van der Waals surface area contributed by atoms with Crippen LogP contribution in [0, 0.1) is 10.1 Å². The van der Waals surface area contributed by atoms with Gasteiger partial charge in [-0.05, 0) is 36.1 Å². The third-order valence-corrected chi connectivity index (χ3v) is 6.16. The van der Waals surface area contributed by atoms with E-state index in [2.05, 4.69) is 5.32 Å². The summed E-state index contributed by atoms with van der Waals surface area (Å²) in [6, 6.07) is 12.5. The zero-order valence-corrected chi connectivity index (χ0v) is 18.3. The molecule has 1 atom stereocenters. The number of hydrogen-bond acceptors (Lipinski definition) is 6. The summed E-state index contributed by atoms with van der Waals surface area (Å²) in [4.78, 5) is 36.5. The fourth-order valence-electron chi connectivity index (χ4n) is 4.33. The summed E-state index contributed by atoms with van der Waals surface area (Å²) in [7, 11) is 2.87. The van der Waals surface area contributed by atoms with Crippen molar-refractivity contribution >= 4 is 17.6 Å². The molecule has 0 aromatic heterocycles. The third-order valence-electron chi connectivity index (χ3n) is 6.16. The zero-order chi connectivity index (χ0) is 23.1. The molecule has 2 aromatic rings. The van der Waals surface area contributed by atoms with Gasteiger partial charge in [0.05, 0.1) is 24.6 Å². The Hall–Kier alpha value is -3.42. The molecule has 0 saturated heterocycles. The number of benzene rings is 2. The van der Waals surface area contributed by atoms with E-state index < -0.39 is 22.3 Å². The second-order valence-corrected chi connectivity index (χ2v) is 8.05. The molecule has 170 valence electrons. The highest BCUT2D eigenvalue weighted by Crippen LogP contribution is 2.40. The van der Waals surface area contributed by atoms with Crippen LogP contribution in [0.3, 0.4) is 0 Å². The number of methoxy groups -OCH3 is 2. The lowest BCUT2D eigenvalue weighted by atomic mass is 9.68.